The molecule has 0 bridgehead atoms. The first kappa shape index (κ1) is 22.0. The highest BCUT2D eigenvalue weighted by Gasteiger charge is 2.30. The van der Waals surface area contributed by atoms with Crippen LogP contribution in [0.4, 0.5) is 0 Å². The second-order valence-electron chi connectivity index (χ2n) is 7.55. The van der Waals surface area contributed by atoms with Crippen LogP contribution in [0.5, 0.6) is 0 Å². The van der Waals surface area contributed by atoms with Crippen molar-refractivity contribution in [2.75, 3.05) is 32.8 Å². The molecule has 30 heavy (non-hydrogen) atoms. The standard InChI is InChI=1S/C22H26N2O5S/c1-16-4-6-20(7-5-16)30(27,28)24-10-8-23(9-11-24)21(25)15-29-22(26)19-13-17(2)12-18(3)14-19/h4-7,12-14H,8-11,15H2,1-3H3. The monoisotopic (exact) mass is 430 g/mol. The van der Waals surface area contributed by atoms with E-state index in [1.165, 1.54) is 9.21 Å². The number of rotatable bonds is 5. The Hall–Kier alpha value is -2.71. The largest absolute Gasteiger partial charge is 0.452 e. The maximum absolute atomic E-state index is 12.8. The Kier molecular flexibility index (Phi) is 6.58. The summed E-state index contributed by atoms with van der Waals surface area (Å²) in [7, 11) is -3.59. The molecule has 0 spiro atoms. The molecule has 0 aromatic heterocycles. The van der Waals surface area contributed by atoms with E-state index in [1.807, 2.05) is 26.8 Å². The maximum atomic E-state index is 12.8. The molecular weight excluding hydrogens is 404 g/mol. The number of nitrogens with zero attached hydrogens (tertiary/aromatic N) is 2. The van der Waals surface area contributed by atoms with E-state index in [0.29, 0.717) is 5.56 Å². The van der Waals surface area contributed by atoms with Crippen molar-refractivity contribution in [2.24, 2.45) is 0 Å². The highest BCUT2D eigenvalue weighted by molar-refractivity contribution is 7.89. The molecule has 0 unspecified atom stereocenters. The van der Waals surface area contributed by atoms with Gasteiger partial charge in [-0.3, -0.25) is 4.79 Å². The van der Waals surface area contributed by atoms with E-state index in [0.717, 1.165) is 16.7 Å². The van der Waals surface area contributed by atoms with Gasteiger partial charge in [0.15, 0.2) is 6.61 Å². The zero-order chi connectivity index (χ0) is 21.9. The van der Waals surface area contributed by atoms with Gasteiger partial charge in [0.05, 0.1) is 10.5 Å². The first-order valence-corrected chi connectivity index (χ1v) is 11.2. The Morgan fingerprint density at radius 2 is 1.43 bits per heavy atom. The van der Waals surface area contributed by atoms with Gasteiger partial charge >= 0.3 is 5.97 Å². The highest BCUT2D eigenvalue weighted by atomic mass is 32.2. The molecule has 2 aromatic carbocycles. The lowest BCUT2D eigenvalue weighted by Gasteiger charge is -2.33. The number of ether oxygens (including phenoxy) is 1. The van der Waals surface area contributed by atoms with Crippen LogP contribution in [0, 0.1) is 20.8 Å². The lowest BCUT2D eigenvalue weighted by atomic mass is 10.1. The summed E-state index contributed by atoms with van der Waals surface area (Å²) in [6.07, 6.45) is 0. The van der Waals surface area contributed by atoms with Gasteiger partial charge in [0, 0.05) is 26.2 Å². The molecule has 0 aliphatic carbocycles. The van der Waals surface area contributed by atoms with Crippen LogP contribution in [0.25, 0.3) is 0 Å². The van der Waals surface area contributed by atoms with Crippen LogP contribution in [0.15, 0.2) is 47.4 Å². The fourth-order valence-corrected chi connectivity index (χ4v) is 4.85. The Labute approximate surface area is 177 Å². The second kappa shape index (κ2) is 8.97. The summed E-state index contributed by atoms with van der Waals surface area (Å²) < 4.78 is 32.1. The van der Waals surface area contributed by atoms with Gasteiger partial charge in [-0.25, -0.2) is 13.2 Å². The Balaban J connectivity index is 1.54. The van der Waals surface area contributed by atoms with Crippen LogP contribution in [0.1, 0.15) is 27.0 Å². The Bertz CT molecular complexity index is 1020. The van der Waals surface area contributed by atoms with Gasteiger partial charge in [0.25, 0.3) is 5.91 Å². The SMILES string of the molecule is Cc1ccc(S(=O)(=O)N2CCN(C(=O)COC(=O)c3cc(C)cc(C)c3)CC2)cc1. The smallest absolute Gasteiger partial charge is 0.338 e. The minimum absolute atomic E-state index is 0.201. The van der Waals surface area contributed by atoms with E-state index in [2.05, 4.69) is 0 Å². The third-order valence-corrected chi connectivity index (χ3v) is 6.95. The molecule has 160 valence electrons. The van der Waals surface area contributed by atoms with Crippen LogP contribution in [-0.4, -0.2) is 62.3 Å². The van der Waals surface area contributed by atoms with E-state index in [9.17, 15) is 18.0 Å². The summed E-state index contributed by atoms with van der Waals surface area (Å²) in [5.74, 6) is -0.879. The predicted molar refractivity (Wildman–Crippen MR) is 113 cm³/mol. The second-order valence-corrected chi connectivity index (χ2v) is 9.49. The summed E-state index contributed by atoms with van der Waals surface area (Å²) in [5, 5.41) is 0. The number of esters is 1. The molecule has 1 fully saturated rings. The fourth-order valence-electron chi connectivity index (χ4n) is 3.43. The molecule has 1 saturated heterocycles. The van der Waals surface area contributed by atoms with Crippen molar-refractivity contribution in [3.63, 3.8) is 0 Å². The summed E-state index contributed by atoms with van der Waals surface area (Å²) >= 11 is 0. The van der Waals surface area contributed by atoms with Crippen molar-refractivity contribution < 1.29 is 22.7 Å². The average Bonchev–Trinajstić information content (AvgIpc) is 2.71. The van der Waals surface area contributed by atoms with Gasteiger partial charge in [0.1, 0.15) is 0 Å². The first-order valence-electron chi connectivity index (χ1n) is 9.77. The topological polar surface area (TPSA) is 84.0 Å². The van der Waals surface area contributed by atoms with Crippen LogP contribution < -0.4 is 0 Å². The molecule has 8 heteroatoms. The van der Waals surface area contributed by atoms with Gasteiger partial charge in [-0.05, 0) is 45.0 Å². The van der Waals surface area contributed by atoms with E-state index < -0.39 is 16.0 Å². The van der Waals surface area contributed by atoms with Gasteiger partial charge in [-0.1, -0.05) is 34.9 Å². The van der Waals surface area contributed by atoms with E-state index in [-0.39, 0.29) is 43.6 Å². The predicted octanol–water partition coefficient (Wildman–Crippen LogP) is 2.30. The summed E-state index contributed by atoms with van der Waals surface area (Å²) in [4.78, 5) is 26.4. The van der Waals surface area contributed by atoms with Gasteiger partial charge in [0.2, 0.25) is 10.0 Å². The van der Waals surface area contributed by atoms with E-state index in [4.69, 9.17) is 4.74 Å². The fraction of sp³-hybridized carbons (Fsp3) is 0.364. The van der Waals surface area contributed by atoms with Crippen molar-refractivity contribution >= 4 is 21.9 Å². The van der Waals surface area contributed by atoms with Crippen LogP contribution in [-0.2, 0) is 19.6 Å². The minimum atomic E-state index is -3.59. The molecule has 0 atom stereocenters. The quantitative estimate of drug-likeness (QED) is 0.680. The minimum Gasteiger partial charge on any atom is -0.452 e. The zero-order valence-corrected chi connectivity index (χ0v) is 18.2. The van der Waals surface area contributed by atoms with E-state index in [1.54, 1.807) is 36.4 Å². The number of aryl methyl sites for hydroxylation is 3. The first-order chi connectivity index (χ1) is 14.2. The van der Waals surface area contributed by atoms with Crippen molar-refractivity contribution in [1.29, 1.82) is 0 Å². The number of sulfonamides is 1. The van der Waals surface area contributed by atoms with Crippen molar-refractivity contribution in [3.8, 4) is 0 Å². The lowest BCUT2D eigenvalue weighted by Crippen LogP contribution is -2.51. The Morgan fingerprint density at radius 1 is 0.867 bits per heavy atom. The number of hydrogen-bond donors (Lipinski definition) is 0. The van der Waals surface area contributed by atoms with E-state index >= 15 is 0 Å². The number of hydrogen-bond acceptors (Lipinski definition) is 5. The molecule has 0 radical (unpaired) electrons. The van der Waals surface area contributed by atoms with Crippen molar-refractivity contribution in [1.82, 2.24) is 9.21 Å². The van der Waals surface area contributed by atoms with Gasteiger partial charge in [-0.15, -0.1) is 0 Å². The van der Waals surface area contributed by atoms with Crippen molar-refractivity contribution in [3.05, 3.63) is 64.7 Å². The molecule has 1 amide bonds. The number of piperazine rings is 1. The van der Waals surface area contributed by atoms with Crippen LogP contribution >= 0.6 is 0 Å². The Morgan fingerprint density at radius 3 is 2.00 bits per heavy atom. The molecule has 2 aromatic rings. The zero-order valence-electron chi connectivity index (χ0n) is 17.4. The molecule has 1 aliphatic heterocycles. The molecule has 0 N–H and O–H groups in total. The van der Waals surface area contributed by atoms with Gasteiger partial charge < -0.3 is 9.64 Å². The normalized spacial score (nSPS) is 15.1. The molecule has 0 saturated carbocycles. The maximum Gasteiger partial charge on any atom is 0.338 e. The number of carbonyl (C=O) groups is 2. The number of carbonyl (C=O) groups excluding carboxylic acids is 2. The third kappa shape index (κ3) is 5.06. The number of benzene rings is 2. The summed E-state index contributed by atoms with van der Waals surface area (Å²) in [6.45, 7) is 6.22. The summed E-state index contributed by atoms with van der Waals surface area (Å²) in [5.41, 5.74) is 3.28. The summed E-state index contributed by atoms with van der Waals surface area (Å²) in [6, 6.07) is 12.1. The number of amides is 1. The third-order valence-electron chi connectivity index (χ3n) is 5.03. The average molecular weight is 431 g/mol. The van der Waals surface area contributed by atoms with Crippen LogP contribution in [0.3, 0.4) is 0 Å². The highest BCUT2D eigenvalue weighted by Crippen LogP contribution is 2.18. The van der Waals surface area contributed by atoms with Crippen molar-refractivity contribution in [2.45, 2.75) is 25.7 Å². The molecule has 3 rings (SSSR count). The molecule has 1 heterocycles. The van der Waals surface area contributed by atoms with Gasteiger partial charge in [-0.2, -0.15) is 4.31 Å². The molecule has 7 nitrogen and oxygen atoms in total. The molecular formula is C22H26N2O5S. The van der Waals surface area contributed by atoms with Crippen LogP contribution in [0.2, 0.25) is 0 Å². The molecule has 1 aliphatic rings. The lowest BCUT2D eigenvalue weighted by molar-refractivity contribution is -0.135.